The monoisotopic (exact) mass is 156 g/mol. The van der Waals surface area contributed by atoms with Crippen LogP contribution in [0.25, 0.3) is 0 Å². The van der Waals surface area contributed by atoms with Gasteiger partial charge >= 0.3 is 6.03 Å². The van der Waals surface area contributed by atoms with Gasteiger partial charge in [-0.2, -0.15) is 0 Å². The summed E-state index contributed by atoms with van der Waals surface area (Å²) in [4.78, 5) is 10.9. The first-order chi connectivity index (χ1) is 5.33. The van der Waals surface area contributed by atoms with Gasteiger partial charge in [-0.05, 0) is 25.7 Å². The van der Waals surface area contributed by atoms with Gasteiger partial charge in [0, 0.05) is 13.1 Å². The van der Waals surface area contributed by atoms with Crippen LogP contribution in [0.1, 0.15) is 26.2 Å². The van der Waals surface area contributed by atoms with Crippen LogP contribution in [-0.4, -0.2) is 19.1 Å². The molecule has 2 amide bonds. The van der Waals surface area contributed by atoms with E-state index in [2.05, 4.69) is 10.6 Å². The van der Waals surface area contributed by atoms with Crippen LogP contribution in [0.3, 0.4) is 0 Å². The third-order valence-electron chi connectivity index (χ3n) is 2.11. The summed E-state index contributed by atoms with van der Waals surface area (Å²) in [7, 11) is 0. The lowest BCUT2D eigenvalue weighted by Gasteiger charge is -2.25. The molecule has 1 saturated carbocycles. The molecule has 1 aliphatic rings. The molecule has 0 spiro atoms. The number of rotatable bonds is 3. The molecule has 1 fully saturated rings. The van der Waals surface area contributed by atoms with Gasteiger partial charge in [0.1, 0.15) is 0 Å². The largest absolute Gasteiger partial charge is 0.338 e. The molecule has 1 aliphatic carbocycles. The molecule has 64 valence electrons. The predicted octanol–water partition coefficient (Wildman–Crippen LogP) is 1.11. The molecule has 2 N–H and O–H groups in total. The van der Waals surface area contributed by atoms with Gasteiger partial charge in [0.05, 0.1) is 0 Å². The molecule has 1 rings (SSSR count). The maximum absolute atomic E-state index is 10.9. The van der Waals surface area contributed by atoms with Crippen LogP contribution in [0, 0.1) is 5.92 Å². The minimum absolute atomic E-state index is 0.0283. The van der Waals surface area contributed by atoms with Gasteiger partial charge in [-0.15, -0.1) is 0 Å². The normalized spacial score (nSPS) is 17.2. The van der Waals surface area contributed by atoms with E-state index >= 15 is 0 Å². The highest BCUT2D eigenvalue weighted by atomic mass is 16.2. The summed E-state index contributed by atoms with van der Waals surface area (Å²) in [6, 6.07) is -0.0283. The van der Waals surface area contributed by atoms with Crippen molar-refractivity contribution >= 4 is 6.03 Å². The summed E-state index contributed by atoms with van der Waals surface area (Å²) >= 11 is 0. The lowest BCUT2D eigenvalue weighted by molar-refractivity contribution is 0.233. The molecule has 0 atom stereocenters. The Balaban J connectivity index is 1.96. The van der Waals surface area contributed by atoms with Crippen molar-refractivity contribution in [1.82, 2.24) is 10.6 Å². The quantitative estimate of drug-likeness (QED) is 0.631. The van der Waals surface area contributed by atoms with Gasteiger partial charge in [0.25, 0.3) is 0 Å². The maximum Gasteiger partial charge on any atom is 0.314 e. The molecule has 0 heterocycles. The zero-order chi connectivity index (χ0) is 8.10. The van der Waals surface area contributed by atoms with E-state index in [-0.39, 0.29) is 6.03 Å². The minimum atomic E-state index is -0.0283. The molecule has 0 aromatic rings. The summed E-state index contributed by atoms with van der Waals surface area (Å²) in [5, 5.41) is 5.53. The van der Waals surface area contributed by atoms with E-state index in [1.54, 1.807) is 0 Å². The molecule has 0 aromatic carbocycles. The summed E-state index contributed by atoms with van der Waals surface area (Å²) in [5.41, 5.74) is 0. The Morgan fingerprint density at radius 2 is 2.18 bits per heavy atom. The minimum Gasteiger partial charge on any atom is -0.338 e. The Morgan fingerprint density at radius 1 is 1.45 bits per heavy atom. The summed E-state index contributed by atoms with van der Waals surface area (Å²) in [6.07, 6.45) is 3.90. The van der Waals surface area contributed by atoms with Crippen LogP contribution in [0.5, 0.6) is 0 Å². The molecule has 0 aliphatic heterocycles. The van der Waals surface area contributed by atoms with Crippen LogP contribution in [-0.2, 0) is 0 Å². The van der Waals surface area contributed by atoms with Gasteiger partial charge in [-0.1, -0.05) is 6.42 Å². The third-order valence-corrected chi connectivity index (χ3v) is 2.11. The highest BCUT2D eigenvalue weighted by Crippen LogP contribution is 2.24. The summed E-state index contributed by atoms with van der Waals surface area (Å²) in [6.45, 7) is 3.48. The fourth-order valence-electron chi connectivity index (χ4n) is 1.16. The Kier molecular flexibility index (Phi) is 3.20. The van der Waals surface area contributed by atoms with Gasteiger partial charge < -0.3 is 10.6 Å². The van der Waals surface area contributed by atoms with Crippen LogP contribution in [0.15, 0.2) is 0 Å². The van der Waals surface area contributed by atoms with Crippen LogP contribution < -0.4 is 10.6 Å². The lowest BCUT2D eigenvalue weighted by Crippen LogP contribution is -2.39. The second-order valence-corrected chi connectivity index (χ2v) is 3.04. The Morgan fingerprint density at radius 3 is 2.64 bits per heavy atom. The van der Waals surface area contributed by atoms with Gasteiger partial charge in [0.15, 0.2) is 0 Å². The van der Waals surface area contributed by atoms with Crippen molar-refractivity contribution in [2.45, 2.75) is 26.2 Å². The zero-order valence-electron chi connectivity index (χ0n) is 7.02. The number of urea groups is 1. The van der Waals surface area contributed by atoms with Gasteiger partial charge in [0.2, 0.25) is 0 Å². The molecule has 0 radical (unpaired) electrons. The van der Waals surface area contributed by atoms with Gasteiger partial charge in [-0.3, -0.25) is 0 Å². The summed E-state index contributed by atoms with van der Waals surface area (Å²) in [5.74, 6) is 0.748. The molecule has 0 aromatic heterocycles. The lowest BCUT2D eigenvalue weighted by atomic mass is 9.85. The molecular formula is C8H16N2O. The molecular weight excluding hydrogens is 140 g/mol. The second-order valence-electron chi connectivity index (χ2n) is 3.04. The van der Waals surface area contributed by atoms with E-state index in [4.69, 9.17) is 0 Å². The fraction of sp³-hybridized carbons (Fsp3) is 0.875. The molecule has 0 unspecified atom stereocenters. The average Bonchev–Trinajstić information content (AvgIpc) is 1.85. The van der Waals surface area contributed by atoms with E-state index < -0.39 is 0 Å². The van der Waals surface area contributed by atoms with E-state index in [0.717, 1.165) is 12.5 Å². The van der Waals surface area contributed by atoms with Crippen LogP contribution in [0.2, 0.25) is 0 Å². The van der Waals surface area contributed by atoms with E-state index in [1.807, 2.05) is 6.92 Å². The second kappa shape index (κ2) is 4.21. The highest BCUT2D eigenvalue weighted by Gasteiger charge is 2.17. The van der Waals surface area contributed by atoms with Gasteiger partial charge in [-0.25, -0.2) is 4.79 Å². The van der Waals surface area contributed by atoms with Crippen molar-refractivity contribution in [1.29, 1.82) is 0 Å². The number of nitrogens with one attached hydrogen (secondary N) is 2. The van der Waals surface area contributed by atoms with Crippen molar-refractivity contribution < 1.29 is 4.79 Å². The molecule has 11 heavy (non-hydrogen) atoms. The number of hydrogen-bond donors (Lipinski definition) is 2. The smallest absolute Gasteiger partial charge is 0.314 e. The summed E-state index contributed by atoms with van der Waals surface area (Å²) < 4.78 is 0. The average molecular weight is 156 g/mol. The van der Waals surface area contributed by atoms with Crippen molar-refractivity contribution in [2.24, 2.45) is 5.92 Å². The predicted molar refractivity (Wildman–Crippen MR) is 44.4 cm³/mol. The van der Waals surface area contributed by atoms with Crippen molar-refractivity contribution in [2.75, 3.05) is 13.1 Å². The van der Waals surface area contributed by atoms with Crippen LogP contribution >= 0.6 is 0 Å². The first-order valence-electron chi connectivity index (χ1n) is 4.34. The van der Waals surface area contributed by atoms with E-state index in [0.29, 0.717) is 6.54 Å². The van der Waals surface area contributed by atoms with E-state index in [1.165, 1.54) is 19.3 Å². The first kappa shape index (κ1) is 8.37. The van der Waals surface area contributed by atoms with Crippen molar-refractivity contribution in [3.8, 4) is 0 Å². The molecule has 0 saturated heterocycles. The number of hydrogen-bond acceptors (Lipinski definition) is 1. The zero-order valence-corrected chi connectivity index (χ0v) is 7.02. The molecule has 3 nitrogen and oxygen atoms in total. The third kappa shape index (κ3) is 2.78. The Labute approximate surface area is 67.5 Å². The number of carbonyl (C=O) groups is 1. The maximum atomic E-state index is 10.9. The number of carbonyl (C=O) groups excluding carboxylic acids is 1. The number of amides is 2. The Bertz CT molecular complexity index is 132. The highest BCUT2D eigenvalue weighted by molar-refractivity contribution is 5.73. The first-order valence-corrected chi connectivity index (χ1v) is 4.34. The fourth-order valence-corrected chi connectivity index (χ4v) is 1.16. The van der Waals surface area contributed by atoms with E-state index in [9.17, 15) is 4.79 Å². The topological polar surface area (TPSA) is 41.1 Å². The molecule has 3 heteroatoms. The van der Waals surface area contributed by atoms with Crippen molar-refractivity contribution in [3.05, 3.63) is 0 Å². The van der Waals surface area contributed by atoms with Crippen molar-refractivity contribution in [3.63, 3.8) is 0 Å². The Hall–Kier alpha value is -0.730. The van der Waals surface area contributed by atoms with Crippen LogP contribution in [0.4, 0.5) is 4.79 Å². The SMILES string of the molecule is CCNC(=O)NCC1CCC1. The standard InChI is InChI=1S/C8H16N2O/c1-2-9-8(11)10-6-7-4-3-5-7/h7H,2-6H2,1H3,(H2,9,10,11). The molecule has 0 bridgehead atoms.